The van der Waals surface area contributed by atoms with Gasteiger partial charge >= 0.3 is 0 Å². The smallest absolute Gasteiger partial charge is 0.257 e. The number of para-hydroxylation sites is 1. The van der Waals surface area contributed by atoms with E-state index in [0.717, 1.165) is 42.8 Å². The van der Waals surface area contributed by atoms with Gasteiger partial charge in [0.1, 0.15) is 12.4 Å². The van der Waals surface area contributed by atoms with Gasteiger partial charge in [0, 0.05) is 31.6 Å². The van der Waals surface area contributed by atoms with E-state index in [1.807, 2.05) is 40.3 Å². The number of aromatic nitrogens is 1. The number of fused-ring (bicyclic) bond motifs is 9. The number of aliphatic hydroxyl groups excluding tert-OH is 1. The van der Waals surface area contributed by atoms with E-state index in [1.165, 1.54) is 0 Å². The lowest BCUT2D eigenvalue weighted by molar-refractivity contribution is -0.131. The quantitative estimate of drug-likeness (QED) is 0.743. The molecule has 0 saturated carbocycles. The van der Waals surface area contributed by atoms with Crippen LogP contribution in [0.5, 0.6) is 5.75 Å². The number of aryl methyl sites for hydroxylation is 1. The summed E-state index contributed by atoms with van der Waals surface area (Å²) in [6.07, 6.45) is 4.60. The molecule has 3 aliphatic heterocycles. The number of thiazole rings is 1. The monoisotopic (exact) mass is 471 g/mol. The van der Waals surface area contributed by atoms with Crippen LogP contribution in [-0.2, 0) is 11.2 Å². The minimum atomic E-state index is -0.139. The van der Waals surface area contributed by atoms with Gasteiger partial charge in [0.05, 0.1) is 29.2 Å². The molecule has 2 amide bonds. The highest BCUT2D eigenvalue weighted by atomic mass is 32.1. The van der Waals surface area contributed by atoms with E-state index >= 15 is 0 Å². The largest absolute Gasteiger partial charge is 0.491 e. The molecule has 5 rings (SSSR count). The van der Waals surface area contributed by atoms with Crippen molar-refractivity contribution in [2.75, 3.05) is 39.4 Å². The summed E-state index contributed by atoms with van der Waals surface area (Å²) in [4.78, 5) is 34.4. The number of amides is 2. The fraction of sp³-hybridized carbons (Fsp3) is 0.560. The highest BCUT2D eigenvalue weighted by Crippen LogP contribution is 2.37. The van der Waals surface area contributed by atoms with Crippen molar-refractivity contribution in [1.29, 1.82) is 0 Å². The molecule has 1 saturated heterocycles. The van der Waals surface area contributed by atoms with E-state index in [0.29, 0.717) is 44.1 Å². The van der Waals surface area contributed by atoms with Gasteiger partial charge in [-0.1, -0.05) is 18.6 Å². The van der Waals surface area contributed by atoms with Crippen molar-refractivity contribution >= 4 is 23.2 Å². The third kappa shape index (κ3) is 5.73. The van der Waals surface area contributed by atoms with Crippen LogP contribution in [0.3, 0.4) is 0 Å². The Morgan fingerprint density at radius 3 is 2.67 bits per heavy atom. The lowest BCUT2D eigenvalue weighted by Gasteiger charge is -2.41. The highest BCUT2D eigenvalue weighted by Gasteiger charge is 2.36. The zero-order valence-corrected chi connectivity index (χ0v) is 20.1. The highest BCUT2D eigenvalue weighted by molar-refractivity contribution is 7.09. The maximum absolute atomic E-state index is 13.2. The van der Waals surface area contributed by atoms with Gasteiger partial charge in [-0.2, -0.15) is 0 Å². The number of aliphatic hydroxyl groups is 1. The number of hydrogen-bond acceptors (Lipinski definition) is 6. The minimum Gasteiger partial charge on any atom is -0.491 e. The van der Waals surface area contributed by atoms with Crippen LogP contribution in [0.25, 0.3) is 0 Å². The molecule has 1 aromatic heterocycles. The van der Waals surface area contributed by atoms with Crippen LogP contribution in [-0.4, -0.2) is 71.1 Å². The molecule has 0 spiro atoms. The summed E-state index contributed by atoms with van der Waals surface area (Å²) < 4.78 is 6.02. The van der Waals surface area contributed by atoms with Crippen LogP contribution >= 0.6 is 11.3 Å². The van der Waals surface area contributed by atoms with Gasteiger partial charge in [0.2, 0.25) is 5.91 Å². The number of nitrogens with zero attached hydrogens (tertiary/aromatic N) is 3. The summed E-state index contributed by atoms with van der Waals surface area (Å²) >= 11 is 1.55. The maximum atomic E-state index is 13.2. The summed E-state index contributed by atoms with van der Waals surface area (Å²) in [5.74, 6) is 0.569. The van der Waals surface area contributed by atoms with Gasteiger partial charge in [-0.3, -0.25) is 9.59 Å². The lowest BCUT2D eigenvalue weighted by Crippen LogP contribution is -2.44. The summed E-state index contributed by atoms with van der Waals surface area (Å²) in [6.45, 7) is 4.81. The maximum Gasteiger partial charge on any atom is 0.257 e. The van der Waals surface area contributed by atoms with Crippen LogP contribution < -0.4 is 4.74 Å². The predicted octanol–water partition coefficient (Wildman–Crippen LogP) is 3.30. The van der Waals surface area contributed by atoms with Crippen molar-refractivity contribution in [3.63, 3.8) is 0 Å². The Kier molecular flexibility index (Phi) is 7.65. The van der Waals surface area contributed by atoms with Crippen LogP contribution in [0.4, 0.5) is 0 Å². The number of hydrogen-bond donors (Lipinski definition) is 1. The summed E-state index contributed by atoms with van der Waals surface area (Å²) in [5.41, 5.74) is 1.22. The van der Waals surface area contributed by atoms with E-state index < -0.39 is 0 Å². The van der Waals surface area contributed by atoms with Gasteiger partial charge in [-0.15, -0.1) is 11.3 Å². The summed E-state index contributed by atoms with van der Waals surface area (Å²) in [7, 11) is 0. The second-order valence-electron chi connectivity index (χ2n) is 9.17. The Balaban J connectivity index is 1.52. The van der Waals surface area contributed by atoms with Crippen LogP contribution in [0.2, 0.25) is 0 Å². The second-order valence-corrected chi connectivity index (χ2v) is 10.2. The molecule has 1 fully saturated rings. The zero-order valence-electron chi connectivity index (χ0n) is 19.3. The Morgan fingerprint density at radius 1 is 1.15 bits per heavy atom. The van der Waals surface area contributed by atoms with Gasteiger partial charge in [-0.05, 0) is 50.2 Å². The fourth-order valence-electron chi connectivity index (χ4n) is 4.80. The third-order valence-electron chi connectivity index (χ3n) is 6.92. The Labute approximate surface area is 199 Å². The first-order valence-electron chi connectivity index (χ1n) is 11.8. The van der Waals surface area contributed by atoms with E-state index in [1.54, 1.807) is 17.4 Å². The standard InChI is InChI=1S/C25H33N3O4S/c1-19-26-20(17-33-19)16-23(30)27-11-5-4-8-25(18-29)9-12-28(13-10-25)24(31)21-6-2-3-7-22(21)32-15-14-27/h2-3,6-7,17,29H,4-5,8-16,18H2,1H3. The fourth-order valence-corrected chi connectivity index (χ4v) is 5.41. The molecule has 3 aliphatic rings. The molecule has 33 heavy (non-hydrogen) atoms. The minimum absolute atomic E-state index is 0.0288. The molecule has 0 radical (unpaired) electrons. The van der Waals surface area contributed by atoms with E-state index in [9.17, 15) is 14.7 Å². The molecule has 178 valence electrons. The number of carbonyl (C=O) groups excluding carboxylic acids is 2. The van der Waals surface area contributed by atoms with Crippen molar-refractivity contribution in [2.24, 2.45) is 5.41 Å². The molecule has 4 heterocycles. The normalized spacial score (nSPS) is 19.4. The topological polar surface area (TPSA) is 83.0 Å². The predicted molar refractivity (Wildman–Crippen MR) is 128 cm³/mol. The number of benzene rings is 1. The summed E-state index contributed by atoms with van der Waals surface area (Å²) in [5, 5.41) is 13.1. The second kappa shape index (κ2) is 10.7. The van der Waals surface area contributed by atoms with Crippen molar-refractivity contribution in [3.05, 3.63) is 45.9 Å². The zero-order chi connectivity index (χ0) is 23.3. The molecule has 0 aliphatic carbocycles. The van der Waals surface area contributed by atoms with E-state index in [2.05, 4.69) is 4.98 Å². The van der Waals surface area contributed by atoms with Crippen molar-refractivity contribution in [1.82, 2.24) is 14.8 Å². The van der Waals surface area contributed by atoms with Crippen LogP contribution in [0.1, 0.15) is 53.2 Å². The first kappa shape index (κ1) is 23.7. The van der Waals surface area contributed by atoms with E-state index in [-0.39, 0.29) is 30.3 Å². The Morgan fingerprint density at radius 2 is 1.94 bits per heavy atom. The van der Waals surface area contributed by atoms with Gasteiger partial charge < -0.3 is 19.6 Å². The molecule has 1 N–H and O–H groups in total. The molecule has 0 atom stereocenters. The van der Waals surface area contributed by atoms with Crippen LogP contribution in [0.15, 0.2) is 29.6 Å². The number of ether oxygens (including phenoxy) is 1. The SMILES string of the molecule is Cc1nc(CC(=O)N2CCCCC3(CO)CCN(CC3)C(=O)c3ccccc3OCC2)cs1. The van der Waals surface area contributed by atoms with Crippen molar-refractivity contribution in [3.8, 4) is 5.75 Å². The average Bonchev–Trinajstić information content (AvgIpc) is 3.24. The molecule has 2 bridgehead atoms. The Hall–Kier alpha value is -2.45. The lowest BCUT2D eigenvalue weighted by atomic mass is 9.75. The van der Waals surface area contributed by atoms with Crippen LogP contribution in [0, 0.1) is 12.3 Å². The van der Waals surface area contributed by atoms with Crippen molar-refractivity contribution < 1.29 is 19.4 Å². The number of carbonyl (C=O) groups is 2. The molecule has 0 unspecified atom stereocenters. The van der Waals surface area contributed by atoms with Gasteiger partial charge in [0.15, 0.2) is 0 Å². The number of rotatable bonds is 3. The first-order chi connectivity index (χ1) is 16.0. The molecular weight excluding hydrogens is 438 g/mol. The average molecular weight is 472 g/mol. The molecular formula is C25H33N3O4S. The first-order valence-corrected chi connectivity index (χ1v) is 12.7. The number of piperidine rings is 1. The molecule has 1 aromatic carbocycles. The third-order valence-corrected chi connectivity index (χ3v) is 7.74. The van der Waals surface area contributed by atoms with E-state index in [4.69, 9.17) is 4.74 Å². The Bertz CT molecular complexity index is 968. The van der Waals surface area contributed by atoms with Crippen molar-refractivity contribution in [2.45, 2.75) is 45.4 Å². The van der Waals surface area contributed by atoms with Gasteiger partial charge in [-0.25, -0.2) is 4.98 Å². The summed E-state index contributed by atoms with van der Waals surface area (Å²) in [6, 6.07) is 7.33. The molecule has 8 heteroatoms. The van der Waals surface area contributed by atoms with Gasteiger partial charge in [0.25, 0.3) is 5.91 Å². The molecule has 7 nitrogen and oxygen atoms in total. The molecule has 2 aromatic rings.